The summed E-state index contributed by atoms with van der Waals surface area (Å²) in [4.78, 5) is 0. The Morgan fingerprint density at radius 1 is 1.41 bits per heavy atom. The number of nitrogen functional groups attached to an aromatic ring is 1. The lowest BCUT2D eigenvalue weighted by Crippen LogP contribution is -2.40. The molecule has 0 radical (unpaired) electrons. The average Bonchev–Trinajstić information content (AvgIpc) is 2.22. The molecule has 1 unspecified atom stereocenters. The quantitative estimate of drug-likeness (QED) is 0.773. The van der Waals surface area contributed by atoms with Crippen molar-refractivity contribution in [3.63, 3.8) is 0 Å². The molecular weight excluding hydrogens is 212 g/mol. The van der Waals surface area contributed by atoms with Crippen LogP contribution in [0.2, 0.25) is 0 Å². The second-order valence-electron chi connectivity index (χ2n) is 5.52. The predicted molar refractivity (Wildman–Crippen MR) is 72.3 cm³/mol. The first-order chi connectivity index (χ1) is 7.96. The van der Waals surface area contributed by atoms with E-state index in [-0.39, 0.29) is 5.60 Å². The molecule has 3 N–H and O–H groups in total. The second-order valence-corrected chi connectivity index (χ2v) is 5.52. The summed E-state index contributed by atoms with van der Waals surface area (Å²) in [7, 11) is 0. The Morgan fingerprint density at radius 2 is 2.18 bits per heavy atom. The molecule has 0 aliphatic carbocycles. The van der Waals surface area contributed by atoms with Gasteiger partial charge in [0.1, 0.15) is 0 Å². The van der Waals surface area contributed by atoms with Gasteiger partial charge in [0.05, 0.1) is 5.60 Å². The van der Waals surface area contributed by atoms with Gasteiger partial charge in [-0.15, -0.1) is 0 Å². The Hall–Kier alpha value is -1.22. The Morgan fingerprint density at radius 3 is 2.88 bits per heavy atom. The minimum atomic E-state index is -0.0237. The molecule has 0 bridgehead atoms. The predicted octanol–water partition coefficient (Wildman–Crippen LogP) is 2.95. The first-order valence-corrected chi connectivity index (χ1v) is 6.23. The minimum Gasteiger partial charge on any atom is -0.399 e. The van der Waals surface area contributed by atoms with Gasteiger partial charge in [-0.1, -0.05) is 6.07 Å². The molecule has 1 aromatic carbocycles. The topological polar surface area (TPSA) is 47.3 Å². The van der Waals surface area contributed by atoms with Crippen LogP contribution in [0.4, 0.5) is 11.4 Å². The van der Waals surface area contributed by atoms with Crippen molar-refractivity contribution in [1.82, 2.24) is 0 Å². The first kappa shape index (κ1) is 12.2. The molecular formula is C14H22N2O. The second kappa shape index (κ2) is 4.57. The molecule has 3 heteroatoms. The van der Waals surface area contributed by atoms with Gasteiger partial charge in [0.2, 0.25) is 0 Å². The van der Waals surface area contributed by atoms with Crippen molar-refractivity contribution < 1.29 is 4.74 Å². The van der Waals surface area contributed by atoms with Crippen molar-refractivity contribution >= 4 is 11.4 Å². The van der Waals surface area contributed by atoms with E-state index in [0.717, 1.165) is 30.8 Å². The molecule has 0 spiro atoms. The van der Waals surface area contributed by atoms with Crippen molar-refractivity contribution in [2.45, 2.75) is 45.3 Å². The van der Waals surface area contributed by atoms with Crippen LogP contribution < -0.4 is 11.1 Å². The van der Waals surface area contributed by atoms with Crippen molar-refractivity contribution in [3.05, 3.63) is 23.8 Å². The molecule has 2 rings (SSSR count). The van der Waals surface area contributed by atoms with Crippen molar-refractivity contribution in [2.24, 2.45) is 0 Å². The van der Waals surface area contributed by atoms with E-state index in [2.05, 4.69) is 32.2 Å². The van der Waals surface area contributed by atoms with Gasteiger partial charge in [-0.3, -0.25) is 0 Å². The zero-order valence-corrected chi connectivity index (χ0v) is 10.9. The highest BCUT2D eigenvalue weighted by Crippen LogP contribution is 2.28. The van der Waals surface area contributed by atoms with E-state index in [1.54, 1.807) is 0 Å². The van der Waals surface area contributed by atoms with Crippen LogP contribution in [0, 0.1) is 6.92 Å². The smallest absolute Gasteiger partial charge is 0.0646 e. The number of benzene rings is 1. The van der Waals surface area contributed by atoms with E-state index in [9.17, 15) is 0 Å². The number of nitrogens with two attached hydrogens (primary N) is 1. The maximum absolute atomic E-state index is 5.82. The molecule has 1 aliphatic rings. The fourth-order valence-electron chi connectivity index (χ4n) is 2.37. The van der Waals surface area contributed by atoms with Crippen LogP contribution in [-0.4, -0.2) is 18.2 Å². The van der Waals surface area contributed by atoms with E-state index < -0.39 is 0 Å². The molecule has 0 saturated carbocycles. The normalized spacial score (nSPS) is 23.4. The molecule has 1 atom stereocenters. The minimum absolute atomic E-state index is 0.0237. The SMILES string of the molecule is Cc1ccc(N)cc1NC1CCOC(C)(C)C1. The number of anilines is 2. The average molecular weight is 234 g/mol. The van der Waals surface area contributed by atoms with Gasteiger partial charge in [-0.2, -0.15) is 0 Å². The fourth-order valence-corrected chi connectivity index (χ4v) is 2.37. The van der Waals surface area contributed by atoms with Crippen LogP contribution in [0.1, 0.15) is 32.3 Å². The maximum atomic E-state index is 5.82. The van der Waals surface area contributed by atoms with Gasteiger partial charge in [-0.05, 0) is 51.3 Å². The standard InChI is InChI=1S/C14H22N2O/c1-10-4-5-11(15)8-13(10)16-12-6-7-17-14(2,3)9-12/h4-5,8,12,16H,6-7,9,15H2,1-3H3. The zero-order chi connectivity index (χ0) is 12.5. The van der Waals surface area contributed by atoms with Gasteiger partial charge in [0, 0.05) is 24.0 Å². The number of ether oxygens (including phenoxy) is 1. The van der Waals surface area contributed by atoms with Crippen molar-refractivity contribution in [3.8, 4) is 0 Å². The summed E-state index contributed by atoms with van der Waals surface area (Å²) in [6.07, 6.45) is 2.08. The van der Waals surface area contributed by atoms with Gasteiger partial charge < -0.3 is 15.8 Å². The molecule has 1 aliphatic heterocycles. The third-order valence-electron chi connectivity index (χ3n) is 3.32. The van der Waals surface area contributed by atoms with E-state index in [4.69, 9.17) is 10.5 Å². The monoisotopic (exact) mass is 234 g/mol. The van der Waals surface area contributed by atoms with Crippen LogP contribution >= 0.6 is 0 Å². The Kier molecular flexibility index (Phi) is 3.29. The highest BCUT2D eigenvalue weighted by atomic mass is 16.5. The fraction of sp³-hybridized carbons (Fsp3) is 0.571. The molecule has 1 aromatic rings. The van der Waals surface area contributed by atoms with Crippen LogP contribution in [0.25, 0.3) is 0 Å². The summed E-state index contributed by atoms with van der Waals surface area (Å²) in [5.41, 5.74) is 8.99. The largest absolute Gasteiger partial charge is 0.399 e. The molecule has 1 heterocycles. The summed E-state index contributed by atoms with van der Waals surface area (Å²) < 4.78 is 5.72. The number of hydrogen-bond donors (Lipinski definition) is 2. The molecule has 0 amide bonds. The Labute approximate surface area is 103 Å². The van der Waals surface area contributed by atoms with E-state index in [1.807, 2.05) is 12.1 Å². The molecule has 1 saturated heterocycles. The first-order valence-electron chi connectivity index (χ1n) is 6.23. The van der Waals surface area contributed by atoms with Gasteiger partial charge in [0.15, 0.2) is 0 Å². The van der Waals surface area contributed by atoms with Crippen LogP contribution in [0.3, 0.4) is 0 Å². The molecule has 17 heavy (non-hydrogen) atoms. The van der Waals surface area contributed by atoms with Gasteiger partial charge in [0.25, 0.3) is 0 Å². The molecule has 3 nitrogen and oxygen atoms in total. The Balaban J connectivity index is 2.07. The van der Waals surface area contributed by atoms with Crippen LogP contribution in [0.15, 0.2) is 18.2 Å². The number of hydrogen-bond acceptors (Lipinski definition) is 3. The van der Waals surface area contributed by atoms with E-state index in [1.165, 1.54) is 5.56 Å². The summed E-state index contributed by atoms with van der Waals surface area (Å²) in [6, 6.07) is 6.48. The highest BCUT2D eigenvalue weighted by molar-refractivity contribution is 5.59. The lowest BCUT2D eigenvalue weighted by Gasteiger charge is -2.36. The summed E-state index contributed by atoms with van der Waals surface area (Å²) in [6.45, 7) is 7.22. The zero-order valence-electron chi connectivity index (χ0n) is 10.9. The van der Waals surface area contributed by atoms with E-state index >= 15 is 0 Å². The lowest BCUT2D eigenvalue weighted by molar-refractivity contribution is -0.0553. The number of rotatable bonds is 2. The number of nitrogens with one attached hydrogen (secondary N) is 1. The van der Waals surface area contributed by atoms with Crippen LogP contribution in [-0.2, 0) is 4.74 Å². The van der Waals surface area contributed by atoms with Gasteiger partial charge in [-0.25, -0.2) is 0 Å². The molecule has 0 aromatic heterocycles. The number of aryl methyl sites for hydroxylation is 1. The van der Waals surface area contributed by atoms with Crippen molar-refractivity contribution in [2.75, 3.05) is 17.7 Å². The van der Waals surface area contributed by atoms with E-state index in [0.29, 0.717) is 6.04 Å². The van der Waals surface area contributed by atoms with Crippen LogP contribution in [0.5, 0.6) is 0 Å². The summed E-state index contributed by atoms with van der Waals surface area (Å²) in [5.74, 6) is 0. The third-order valence-corrected chi connectivity index (χ3v) is 3.32. The maximum Gasteiger partial charge on any atom is 0.0646 e. The van der Waals surface area contributed by atoms with Gasteiger partial charge >= 0.3 is 0 Å². The highest BCUT2D eigenvalue weighted by Gasteiger charge is 2.28. The Bertz CT molecular complexity index is 401. The third kappa shape index (κ3) is 3.13. The summed E-state index contributed by atoms with van der Waals surface area (Å²) >= 11 is 0. The van der Waals surface area contributed by atoms with Crippen molar-refractivity contribution in [1.29, 1.82) is 0 Å². The molecule has 94 valence electrons. The lowest BCUT2D eigenvalue weighted by atomic mass is 9.93. The summed E-state index contributed by atoms with van der Waals surface area (Å²) in [5, 5.41) is 3.59. The molecule has 1 fully saturated rings.